The molecule has 0 aromatic heterocycles. The Hall–Kier alpha value is -1.64. The molecule has 0 heterocycles. The van der Waals surface area contributed by atoms with E-state index >= 15 is 0 Å². The van der Waals surface area contributed by atoms with Gasteiger partial charge in [0.1, 0.15) is 0 Å². The Kier molecular flexibility index (Phi) is 9.04. The van der Waals surface area contributed by atoms with Gasteiger partial charge >= 0.3 is 11.9 Å². The second kappa shape index (κ2) is 10.5. The largest absolute Gasteiger partial charge is 0.464 e. The summed E-state index contributed by atoms with van der Waals surface area (Å²) in [5, 5.41) is 2.51. The van der Waals surface area contributed by atoms with Crippen LogP contribution in [0.5, 0.6) is 0 Å². The van der Waals surface area contributed by atoms with Crippen molar-refractivity contribution in [3.05, 3.63) is 34.9 Å². The average molecular weight is 475 g/mol. The van der Waals surface area contributed by atoms with E-state index in [-0.39, 0.29) is 19.6 Å². The first-order chi connectivity index (χ1) is 12.3. The summed E-state index contributed by atoms with van der Waals surface area (Å²) in [6.45, 7) is 6.68. The molecule has 0 saturated heterocycles. The molecule has 1 amide bonds. The molecule has 0 atom stereocenters. The maximum atomic E-state index is 12.7. The highest BCUT2D eigenvalue weighted by Crippen LogP contribution is 2.23. The third-order valence-electron chi connectivity index (χ3n) is 3.82. The summed E-state index contributed by atoms with van der Waals surface area (Å²) in [5.74, 6) is -2.12. The molecule has 0 aliphatic rings. The molecule has 1 aromatic carbocycles. The lowest BCUT2D eigenvalue weighted by Gasteiger charge is -2.30. The van der Waals surface area contributed by atoms with Crippen LogP contribution in [0.2, 0.25) is 0 Å². The number of nitrogens with one attached hydrogen (secondary N) is 1. The highest BCUT2D eigenvalue weighted by atomic mass is 127. The number of halogens is 1. The number of hydrogen-bond donors (Lipinski definition) is 1. The fraction of sp³-hybridized carbons (Fsp3) is 0.526. The van der Waals surface area contributed by atoms with Gasteiger partial charge in [-0.1, -0.05) is 46.4 Å². The van der Waals surface area contributed by atoms with E-state index in [1.165, 1.54) is 6.92 Å². The summed E-state index contributed by atoms with van der Waals surface area (Å²) in [6, 6.07) is 5.90. The van der Waals surface area contributed by atoms with E-state index in [0.717, 1.165) is 27.5 Å². The Morgan fingerprint density at radius 2 is 1.65 bits per heavy atom. The van der Waals surface area contributed by atoms with E-state index in [4.69, 9.17) is 9.47 Å². The van der Waals surface area contributed by atoms with Gasteiger partial charge in [0.15, 0.2) is 0 Å². The quantitative estimate of drug-likeness (QED) is 0.257. The van der Waals surface area contributed by atoms with Gasteiger partial charge in [0, 0.05) is 17.8 Å². The van der Waals surface area contributed by atoms with E-state index < -0.39 is 23.4 Å². The summed E-state index contributed by atoms with van der Waals surface area (Å²) < 4.78 is 11.1. The summed E-state index contributed by atoms with van der Waals surface area (Å²) in [4.78, 5) is 37.3. The van der Waals surface area contributed by atoms with Crippen LogP contribution in [0.25, 0.3) is 0 Å². The average Bonchev–Trinajstić information content (AvgIpc) is 2.56. The van der Waals surface area contributed by atoms with E-state index in [9.17, 15) is 14.4 Å². The highest BCUT2D eigenvalue weighted by Gasteiger charge is 2.50. The van der Waals surface area contributed by atoms with Crippen LogP contribution < -0.4 is 5.32 Å². The fourth-order valence-electron chi connectivity index (χ4n) is 2.73. The molecule has 0 unspecified atom stereocenters. The van der Waals surface area contributed by atoms with Crippen molar-refractivity contribution in [2.24, 2.45) is 0 Å². The zero-order chi connectivity index (χ0) is 19.7. The predicted octanol–water partition coefficient (Wildman–Crippen LogP) is 2.52. The molecule has 7 heteroatoms. The lowest BCUT2D eigenvalue weighted by atomic mass is 9.87. The van der Waals surface area contributed by atoms with Crippen molar-refractivity contribution in [3.63, 3.8) is 0 Å². The van der Waals surface area contributed by atoms with Crippen LogP contribution in [-0.4, -0.2) is 41.0 Å². The zero-order valence-corrected chi connectivity index (χ0v) is 17.8. The number of esters is 2. The van der Waals surface area contributed by atoms with Crippen molar-refractivity contribution < 1.29 is 23.9 Å². The molecule has 0 bridgehead atoms. The maximum Gasteiger partial charge on any atom is 0.344 e. The van der Waals surface area contributed by atoms with Crippen LogP contribution in [-0.2, 0) is 36.7 Å². The van der Waals surface area contributed by atoms with E-state index in [1.807, 2.05) is 25.1 Å². The Morgan fingerprint density at radius 1 is 1.08 bits per heavy atom. The topological polar surface area (TPSA) is 81.7 Å². The Bertz CT molecular complexity index is 641. The molecule has 0 fully saturated rings. The molecule has 0 spiro atoms. The summed E-state index contributed by atoms with van der Waals surface area (Å²) >= 11 is 2.27. The summed E-state index contributed by atoms with van der Waals surface area (Å²) in [7, 11) is 0. The number of rotatable bonds is 9. The fourth-order valence-corrected chi connectivity index (χ4v) is 3.31. The first-order valence-electron chi connectivity index (χ1n) is 8.58. The van der Waals surface area contributed by atoms with Crippen LogP contribution in [0.4, 0.5) is 0 Å². The van der Waals surface area contributed by atoms with Crippen molar-refractivity contribution in [1.82, 2.24) is 5.32 Å². The lowest BCUT2D eigenvalue weighted by molar-refractivity contribution is -0.168. The Labute approximate surface area is 168 Å². The molecule has 0 aliphatic heterocycles. The monoisotopic (exact) mass is 475 g/mol. The number of carbonyl (C=O) groups is 3. The smallest absolute Gasteiger partial charge is 0.344 e. The van der Waals surface area contributed by atoms with E-state index in [2.05, 4.69) is 27.9 Å². The number of hydrogen-bond acceptors (Lipinski definition) is 5. The van der Waals surface area contributed by atoms with Gasteiger partial charge in [0.2, 0.25) is 11.4 Å². The van der Waals surface area contributed by atoms with Gasteiger partial charge in [-0.05, 0) is 38.3 Å². The molecule has 0 saturated carbocycles. The Morgan fingerprint density at radius 3 is 2.12 bits per heavy atom. The first-order valence-corrected chi connectivity index (χ1v) is 10.1. The van der Waals surface area contributed by atoms with Gasteiger partial charge in [0.25, 0.3) is 0 Å². The number of amides is 1. The molecule has 1 N–H and O–H groups in total. The summed E-state index contributed by atoms with van der Waals surface area (Å²) in [6.07, 6.45) is 0.774. The number of carbonyl (C=O) groups excluding carboxylic acids is 3. The zero-order valence-electron chi connectivity index (χ0n) is 15.7. The second-order valence-corrected chi connectivity index (χ2v) is 6.99. The van der Waals surface area contributed by atoms with Crippen molar-refractivity contribution in [2.45, 2.75) is 46.1 Å². The van der Waals surface area contributed by atoms with Gasteiger partial charge in [-0.3, -0.25) is 4.79 Å². The number of ether oxygens (including phenoxy) is 2. The molecule has 1 rings (SSSR count). The van der Waals surface area contributed by atoms with Crippen molar-refractivity contribution in [3.8, 4) is 0 Å². The van der Waals surface area contributed by atoms with Gasteiger partial charge in [-0.25, -0.2) is 9.59 Å². The number of alkyl halides is 1. The SMILES string of the molecule is CCOC(=O)C(Cc1cc(C)ccc1CCI)(NC(C)=O)C(=O)OCC. The van der Waals surface area contributed by atoms with Gasteiger partial charge in [-0.2, -0.15) is 0 Å². The van der Waals surface area contributed by atoms with Crippen LogP contribution in [0, 0.1) is 6.92 Å². The van der Waals surface area contributed by atoms with Crippen LogP contribution in [0.1, 0.15) is 37.5 Å². The third kappa shape index (κ3) is 5.69. The molecular weight excluding hydrogens is 449 g/mol. The minimum atomic E-state index is -1.90. The van der Waals surface area contributed by atoms with Crippen molar-refractivity contribution in [2.75, 3.05) is 17.6 Å². The first kappa shape index (κ1) is 22.4. The minimum absolute atomic E-state index is 0.0160. The van der Waals surface area contributed by atoms with E-state index in [0.29, 0.717) is 0 Å². The second-order valence-electron chi connectivity index (χ2n) is 5.92. The predicted molar refractivity (Wildman–Crippen MR) is 107 cm³/mol. The van der Waals surface area contributed by atoms with Gasteiger partial charge in [0.05, 0.1) is 13.2 Å². The molecule has 144 valence electrons. The maximum absolute atomic E-state index is 12.7. The molecule has 0 aliphatic carbocycles. The highest BCUT2D eigenvalue weighted by molar-refractivity contribution is 14.1. The van der Waals surface area contributed by atoms with Crippen molar-refractivity contribution >= 4 is 40.4 Å². The minimum Gasteiger partial charge on any atom is -0.464 e. The third-order valence-corrected chi connectivity index (χ3v) is 4.36. The lowest BCUT2D eigenvalue weighted by Crippen LogP contribution is -2.62. The summed E-state index contributed by atoms with van der Waals surface area (Å²) in [5.41, 5.74) is 0.942. The molecule has 26 heavy (non-hydrogen) atoms. The Balaban J connectivity index is 3.47. The standard InChI is InChI=1S/C19H26INO5/c1-5-25-17(23)19(21-14(4)22,18(24)26-6-2)12-16-11-13(3)7-8-15(16)9-10-20/h7-8,11H,5-6,9-10,12H2,1-4H3,(H,21,22). The van der Waals surface area contributed by atoms with E-state index in [1.54, 1.807) is 13.8 Å². The molecule has 1 aromatic rings. The van der Waals surface area contributed by atoms with Gasteiger partial charge < -0.3 is 14.8 Å². The van der Waals surface area contributed by atoms with Gasteiger partial charge in [-0.15, -0.1) is 0 Å². The molecule has 0 radical (unpaired) electrons. The van der Waals surface area contributed by atoms with Crippen molar-refractivity contribution in [1.29, 1.82) is 0 Å². The molecular formula is C19H26INO5. The van der Waals surface area contributed by atoms with Crippen LogP contribution in [0.3, 0.4) is 0 Å². The molecule has 6 nitrogen and oxygen atoms in total. The number of benzene rings is 1. The van der Waals surface area contributed by atoms with Crippen LogP contribution >= 0.6 is 22.6 Å². The normalized spacial score (nSPS) is 11.0. The number of aryl methyl sites for hydroxylation is 2. The van der Waals surface area contributed by atoms with Crippen LogP contribution in [0.15, 0.2) is 18.2 Å².